The van der Waals surface area contributed by atoms with Crippen LogP contribution < -0.4 is 0 Å². The van der Waals surface area contributed by atoms with Gasteiger partial charge in [0.1, 0.15) is 0 Å². The molecule has 2 heteroatoms. The largest absolute Gasteiger partial charge is 0.298 e. The molecule has 2 aliphatic rings. The summed E-state index contributed by atoms with van der Waals surface area (Å²) in [7, 11) is 0. The Balaban J connectivity index is 2.00. The Bertz CT molecular complexity index is 191. The minimum atomic E-state index is 0.724. The normalized spacial score (nSPS) is 36.0. The van der Waals surface area contributed by atoms with Crippen LogP contribution in [0.2, 0.25) is 0 Å². The van der Waals surface area contributed by atoms with Crippen molar-refractivity contribution in [3.8, 4) is 0 Å². The highest BCUT2D eigenvalue weighted by Crippen LogP contribution is 2.25. The fraction of sp³-hybridized carbons (Fsp3) is 1.00. The number of fused-ring (bicyclic) bond motifs is 1. The minimum Gasteiger partial charge on any atom is -0.298 e. The van der Waals surface area contributed by atoms with Gasteiger partial charge in [-0.25, -0.2) is 0 Å². The van der Waals surface area contributed by atoms with Crippen molar-refractivity contribution in [1.82, 2.24) is 9.80 Å². The quantitative estimate of drug-likeness (QED) is 0.632. The molecule has 2 fully saturated rings. The number of piperidine rings is 1. The molecule has 2 heterocycles. The lowest BCUT2D eigenvalue weighted by molar-refractivity contribution is -0.00312. The molecule has 14 heavy (non-hydrogen) atoms. The van der Waals surface area contributed by atoms with Crippen LogP contribution in [0.4, 0.5) is 0 Å². The van der Waals surface area contributed by atoms with Crippen molar-refractivity contribution < 1.29 is 0 Å². The average Bonchev–Trinajstić information content (AvgIpc) is 2.17. The van der Waals surface area contributed by atoms with Gasteiger partial charge >= 0.3 is 0 Å². The Morgan fingerprint density at radius 3 is 2.64 bits per heavy atom. The highest BCUT2D eigenvalue weighted by molar-refractivity contribution is 4.90. The summed E-state index contributed by atoms with van der Waals surface area (Å²) in [5, 5.41) is 0. The molecule has 0 aromatic heterocycles. The summed E-state index contributed by atoms with van der Waals surface area (Å²) in [5.74, 6) is 0. The van der Waals surface area contributed by atoms with E-state index in [9.17, 15) is 0 Å². The van der Waals surface area contributed by atoms with Gasteiger partial charge in [0.25, 0.3) is 0 Å². The number of hydrogen-bond donors (Lipinski definition) is 0. The maximum atomic E-state index is 2.74. The van der Waals surface area contributed by atoms with E-state index in [4.69, 9.17) is 0 Å². The van der Waals surface area contributed by atoms with Gasteiger partial charge in [-0.15, -0.1) is 0 Å². The second-order valence-corrected chi connectivity index (χ2v) is 5.28. The molecular weight excluding hydrogens is 172 g/mol. The Labute approximate surface area is 88.3 Å². The first kappa shape index (κ1) is 10.4. The molecule has 82 valence electrons. The van der Waals surface area contributed by atoms with E-state index < -0.39 is 0 Å². The van der Waals surface area contributed by atoms with Crippen molar-refractivity contribution >= 4 is 0 Å². The number of rotatable bonds is 1. The Kier molecular flexibility index (Phi) is 3.13. The van der Waals surface area contributed by atoms with Crippen molar-refractivity contribution in [3.05, 3.63) is 0 Å². The van der Waals surface area contributed by atoms with Gasteiger partial charge in [-0.3, -0.25) is 9.80 Å². The summed E-state index contributed by atoms with van der Waals surface area (Å²) < 4.78 is 0. The van der Waals surface area contributed by atoms with Gasteiger partial charge < -0.3 is 0 Å². The van der Waals surface area contributed by atoms with Crippen LogP contribution in [0, 0.1) is 0 Å². The fourth-order valence-electron chi connectivity index (χ4n) is 3.01. The third kappa shape index (κ3) is 1.96. The summed E-state index contributed by atoms with van der Waals surface area (Å²) in [6.07, 6.45) is 4.29. The van der Waals surface area contributed by atoms with Crippen LogP contribution in [0.15, 0.2) is 0 Å². The molecule has 0 spiro atoms. The molecule has 2 atom stereocenters. The molecule has 0 bridgehead atoms. The molecule has 0 radical (unpaired) electrons. The van der Waals surface area contributed by atoms with Gasteiger partial charge in [0.2, 0.25) is 0 Å². The van der Waals surface area contributed by atoms with E-state index >= 15 is 0 Å². The van der Waals surface area contributed by atoms with Crippen molar-refractivity contribution in [2.75, 3.05) is 19.6 Å². The average molecular weight is 196 g/mol. The topological polar surface area (TPSA) is 6.48 Å². The van der Waals surface area contributed by atoms with Crippen LogP contribution in [0.1, 0.15) is 40.0 Å². The lowest BCUT2D eigenvalue weighted by atomic mass is 9.96. The van der Waals surface area contributed by atoms with Crippen LogP contribution >= 0.6 is 0 Å². The molecule has 0 saturated carbocycles. The summed E-state index contributed by atoms with van der Waals surface area (Å²) in [4.78, 5) is 5.39. The highest BCUT2D eigenvalue weighted by Gasteiger charge is 2.33. The van der Waals surface area contributed by atoms with E-state index in [1.165, 1.54) is 38.9 Å². The molecule has 2 nitrogen and oxygen atoms in total. The van der Waals surface area contributed by atoms with Gasteiger partial charge in [-0.2, -0.15) is 0 Å². The number of piperazine rings is 1. The zero-order valence-corrected chi connectivity index (χ0v) is 9.87. The van der Waals surface area contributed by atoms with Crippen LogP contribution in [0.25, 0.3) is 0 Å². The van der Waals surface area contributed by atoms with Crippen molar-refractivity contribution in [2.45, 2.75) is 58.2 Å². The van der Waals surface area contributed by atoms with Gasteiger partial charge in [0.15, 0.2) is 0 Å². The first-order valence-electron chi connectivity index (χ1n) is 6.18. The molecule has 0 amide bonds. The summed E-state index contributed by atoms with van der Waals surface area (Å²) in [5.41, 5.74) is 0. The monoisotopic (exact) mass is 196 g/mol. The first-order chi connectivity index (χ1) is 6.68. The maximum absolute atomic E-state index is 2.74. The van der Waals surface area contributed by atoms with E-state index in [0.717, 1.165) is 18.1 Å². The van der Waals surface area contributed by atoms with E-state index in [1.807, 2.05) is 0 Å². The summed E-state index contributed by atoms with van der Waals surface area (Å²) in [6, 6.07) is 2.35. The van der Waals surface area contributed by atoms with Crippen LogP contribution in [0.3, 0.4) is 0 Å². The van der Waals surface area contributed by atoms with Crippen LogP contribution in [-0.2, 0) is 0 Å². The predicted octanol–water partition coefficient (Wildman–Crippen LogP) is 1.95. The summed E-state index contributed by atoms with van der Waals surface area (Å²) in [6.45, 7) is 11.0. The zero-order chi connectivity index (χ0) is 10.1. The zero-order valence-electron chi connectivity index (χ0n) is 9.87. The smallest absolute Gasteiger partial charge is 0.0226 e. The third-order valence-electron chi connectivity index (χ3n) is 3.91. The molecule has 0 aromatic rings. The van der Waals surface area contributed by atoms with E-state index in [2.05, 4.69) is 30.6 Å². The second kappa shape index (κ2) is 4.19. The van der Waals surface area contributed by atoms with Gasteiger partial charge in [-0.1, -0.05) is 6.42 Å². The van der Waals surface area contributed by atoms with Gasteiger partial charge in [0.05, 0.1) is 0 Å². The Hall–Kier alpha value is -0.0800. The van der Waals surface area contributed by atoms with E-state index in [-0.39, 0.29) is 0 Å². The van der Waals surface area contributed by atoms with Crippen molar-refractivity contribution in [2.24, 2.45) is 0 Å². The highest BCUT2D eigenvalue weighted by atomic mass is 15.3. The predicted molar refractivity (Wildman–Crippen MR) is 60.5 cm³/mol. The molecule has 0 aliphatic carbocycles. The second-order valence-electron chi connectivity index (χ2n) is 5.28. The van der Waals surface area contributed by atoms with E-state index in [1.54, 1.807) is 0 Å². The van der Waals surface area contributed by atoms with Crippen LogP contribution in [0.5, 0.6) is 0 Å². The molecule has 0 aromatic carbocycles. The SMILES string of the molecule is CC(C)N1CC(C)N2CCCCC2C1. The molecule has 2 unspecified atom stereocenters. The maximum Gasteiger partial charge on any atom is 0.0226 e. The number of nitrogens with zero attached hydrogens (tertiary/aromatic N) is 2. The Morgan fingerprint density at radius 1 is 1.14 bits per heavy atom. The molecule has 0 N–H and O–H groups in total. The van der Waals surface area contributed by atoms with E-state index in [0.29, 0.717) is 0 Å². The van der Waals surface area contributed by atoms with Crippen LogP contribution in [-0.4, -0.2) is 47.6 Å². The first-order valence-corrected chi connectivity index (χ1v) is 6.18. The fourth-order valence-corrected chi connectivity index (χ4v) is 3.01. The lowest BCUT2D eigenvalue weighted by Gasteiger charge is -2.49. The van der Waals surface area contributed by atoms with Gasteiger partial charge in [0, 0.05) is 31.2 Å². The molecule has 2 saturated heterocycles. The summed E-state index contributed by atoms with van der Waals surface area (Å²) >= 11 is 0. The molecular formula is C12H24N2. The molecule has 2 aliphatic heterocycles. The minimum absolute atomic E-state index is 0.724. The Morgan fingerprint density at radius 2 is 1.93 bits per heavy atom. The number of hydrogen-bond acceptors (Lipinski definition) is 2. The van der Waals surface area contributed by atoms with Crippen molar-refractivity contribution in [3.63, 3.8) is 0 Å². The van der Waals surface area contributed by atoms with Gasteiger partial charge in [-0.05, 0) is 40.2 Å². The van der Waals surface area contributed by atoms with Crippen molar-refractivity contribution in [1.29, 1.82) is 0 Å². The molecule has 2 rings (SSSR count). The standard InChI is InChI=1S/C12H24N2/c1-10(2)13-8-11(3)14-7-5-4-6-12(14)9-13/h10-12H,4-9H2,1-3H3. The third-order valence-corrected chi connectivity index (χ3v) is 3.91. The lowest BCUT2D eigenvalue weighted by Crippen LogP contribution is -2.60.